The van der Waals surface area contributed by atoms with E-state index in [4.69, 9.17) is 4.74 Å². The Bertz CT molecular complexity index is 482. The molecule has 0 bridgehead atoms. The lowest BCUT2D eigenvalue weighted by atomic mass is 9.91. The van der Waals surface area contributed by atoms with Crippen molar-refractivity contribution in [3.63, 3.8) is 0 Å². The van der Waals surface area contributed by atoms with Crippen molar-refractivity contribution in [3.8, 4) is 6.07 Å². The topological polar surface area (TPSA) is 45.0 Å². The third kappa shape index (κ3) is 4.73. The molecule has 0 aliphatic heterocycles. The number of ether oxygens (including phenoxy) is 1. The minimum Gasteiger partial charge on any atom is -0.366 e. The summed E-state index contributed by atoms with van der Waals surface area (Å²) in [6, 6.07) is 10.6. The fourth-order valence-electron chi connectivity index (χ4n) is 1.90. The average Bonchev–Trinajstić information content (AvgIpc) is 2.42. The van der Waals surface area contributed by atoms with E-state index in [1.807, 2.05) is 13.8 Å². The lowest BCUT2D eigenvalue weighted by Crippen LogP contribution is -2.49. The molecule has 0 saturated heterocycles. The first-order valence-electron chi connectivity index (χ1n) is 6.64. The lowest BCUT2D eigenvalue weighted by molar-refractivity contribution is -0.217. The zero-order valence-electron chi connectivity index (χ0n) is 12.2. The highest BCUT2D eigenvalue weighted by Crippen LogP contribution is 2.27. The van der Waals surface area contributed by atoms with Crippen LogP contribution in [-0.2, 0) is 10.3 Å². The fourth-order valence-corrected chi connectivity index (χ4v) is 1.90. The summed E-state index contributed by atoms with van der Waals surface area (Å²) in [6.45, 7) is 4.19. The van der Waals surface area contributed by atoms with E-state index in [2.05, 4.69) is 11.4 Å². The molecule has 1 rings (SSSR count). The highest BCUT2D eigenvalue weighted by Gasteiger charge is 2.40. The summed E-state index contributed by atoms with van der Waals surface area (Å²) in [5, 5.41) is 12.5. The van der Waals surface area contributed by atoms with Gasteiger partial charge >= 0.3 is 6.18 Å². The first-order valence-corrected chi connectivity index (χ1v) is 6.64. The second-order valence-corrected chi connectivity index (χ2v) is 5.18. The minimum absolute atomic E-state index is 0.0883. The molecule has 0 aliphatic rings. The van der Waals surface area contributed by atoms with Gasteiger partial charge in [-0.1, -0.05) is 30.3 Å². The second-order valence-electron chi connectivity index (χ2n) is 5.18. The van der Waals surface area contributed by atoms with E-state index in [1.165, 1.54) is 0 Å². The molecule has 21 heavy (non-hydrogen) atoms. The van der Waals surface area contributed by atoms with E-state index in [-0.39, 0.29) is 12.6 Å². The Labute approximate surface area is 122 Å². The smallest absolute Gasteiger partial charge is 0.366 e. The second kappa shape index (κ2) is 6.92. The molecule has 3 nitrogen and oxygen atoms in total. The van der Waals surface area contributed by atoms with Crippen molar-refractivity contribution < 1.29 is 17.9 Å². The predicted octanol–water partition coefficient (Wildman–Crippen LogP) is 3.37. The van der Waals surface area contributed by atoms with Crippen LogP contribution in [0, 0.1) is 11.3 Å². The van der Waals surface area contributed by atoms with Crippen molar-refractivity contribution in [2.24, 2.45) is 0 Å². The van der Waals surface area contributed by atoms with Crippen LogP contribution in [0.4, 0.5) is 13.2 Å². The number of rotatable bonds is 6. The Balaban J connectivity index is 3.01. The van der Waals surface area contributed by atoms with Crippen LogP contribution in [0.1, 0.15) is 26.3 Å². The van der Waals surface area contributed by atoms with Gasteiger partial charge in [0.25, 0.3) is 0 Å². The lowest BCUT2D eigenvalue weighted by Gasteiger charge is -2.32. The van der Waals surface area contributed by atoms with E-state index >= 15 is 0 Å². The molecule has 0 heterocycles. The van der Waals surface area contributed by atoms with Crippen molar-refractivity contribution in [1.82, 2.24) is 5.32 Å². The van der Waals surface area contributed by atoms with E-state index in [1.54, 1.807) is 30.3 Å². The van der Waals surface area contributed by atoms with Gasteiger partial charge in [-0.3, -0.25) is 5.32 Å². The maximum absolute atomic E-state index is 12.6. The Morgan fingerprint density at radius 3 is 2.19 bits per heavy atom. The monoisotopic (exact) mass is 300 g/mol. The number of hydrogen-bond donors (Lipinski definition) is 1. The van der Waals surface area contributed by atoms with Crippen LogP contribution in [0.15, 0.2) is 30.3 Å². The number of halogens is 3. The molecular formula is C15H19F3N2O. The molecule has 1 aromatic rings. The first-order chi connectivity index (χ1) is 9.71. The van der Waals surface area contributed by atoms with E-state index < -0.39 is 17.8 Å². The van der Waals surface area contributed by atoms with E-state index in [0.717, 1.165) is 6.92 Å². The highest BCUT2D eigenvalue weighted by molar-refractivity contribution is 5.31. The molecule has 6 heteroatoms. The van der Waals surface area contributed by atoms with Gasteiger partial charge in [-0.25, -0.2) is 0 Å². The predicted molar refractivity (Wildman–Crippen MR) is 73.5 cm³/mol. The molecule has 0 aliphatic carbocycles. The third-order valence-corrected chi connectivity index (χ3v) is 3.00. The van der Waals surface area contributed by atoms with Crippen LogP contribution in [0.25, 0.3) is 0 Å². The zero-order chi connectivity index (χ0) is 16.1. The minimum atomic E-state index is -4.45. The highest BCUT2D eigenvalue weighted by atomic mass is 19.4. The van der Waals surface area contributed by atoms with Crippen LogP contribution in [0.3, 0.4) is 0 Å². The molecular weight excluding hydrogens is 281 g/mol. The van der Waals surface area contributed by atoms with Gasteiger partial charge < -0.3 is 4.74 Å². The fraction of sp³-hybridized carbons (Fsp3) is 0.533. The number of hydrogen-bond acceptors (Lipinski definition) is 3. The molecule has 2 atom stereocenters. The largest absolute Gasteiger partial charge is 0.414 e. The molecule has 0 radical (unpaired) electrons. The van der Waals surface area contributed by atoms with Crippen molar-refractivity contribution in [3.05, 3.63) is 35.9 Å². The van der Waals surface area contributed by atoms with E-state index in [0.29, 0.717) is 5.56 Å². The first kappa shape index (κ1) is 17.5. The molecule has 0 saturated carbocycles. The van der Waals surface area contributed by atoms with Crippen molar-refractivity contribution in [2.45, 2.75) is 44.6 Å². The Kier molecular flexibility index (Phi) is 5.76. The molecule has 0 aromatic heterocycles. The number of alkyl halides is 3. The summed E-state index contributed by atoms with van der Waals surface area (Å²) >= 11 is 0. The summed E-state index contributed by atoms with van der Waals surface area (Å²) < 4.78 is 42.6. The maximum atomic E-state index is 12.6. The maximum Gasteiger partial charge on any atom is 0.414 e. The van der Waals surface area contributed by atoms with Gasteiger partial charge in [-0.15, -0.1) is 0 Å². The molecule has 116 valence electrons. The summed E-state index contributed by atoms with van der Waals surface area (Å²) in [4.78, 5) is 0. The third-order valence-electron chi connectivity index (χ3n) is 3.00. The average molecular weight is 300 g/mol. The Morgan fingerprint density at radius 2 is 1.76 bits per heavy atom. The van der Waals surface area contributed by atoms with Gasteiger partial charge in [0.1, 0.15) is 0 Å². The van der Waals surface area contributed by atoms with Gasteiger partial charge in [-0.2, -0.15) is 18.4 Å². The van der Waals surface area contributed by atoms with Crippen LogP contribution in [-0.4, -0.2) is 24.9 Å². The molecule has 2 unspecified atom stereocenters. The SMILES string of the molecule is CC(C)NC(C#N)(COC(C)C(F)(F)F)c1ccccc1. The van der Waals surface area contributed by atoms with Crippen LogP contribution >= 0.6 is 0 Å². The molecule has 0 fully saturated rings. The van der Waals surface area contributed by atoms with Crippen molar-refractivity contribution in [2.75, 3.05) is 6.61 Å². The van der Waals surface area contributed by atoms with Gasteiger partial charge in [0.15, 0.2) is 11.6 Å². The molecule has 0 spiro atoms. The number of benzene rings is 1. The standard InChI is InChI=1S/C15H19F3N2O/c1-11(2)20-14(9-19,13-7-5-4-6-8-13)10-21-12(3)15(16,17)18/h4-8,11-12,20H,10H2,1-3H3. The van der Waals surface area contributed by atoms with Crippen LogP contribution < -0.4 is 5.32 Å². The number of nitrogens with one attached hydrogen (secondary N) is 1. The van der Waals surface area contributed by atoms with Gasteiger partial charge in [0, 0.05) is 6.04 Å². The number of nitriles is 1. The van der Waals surface area contributed by atoms with Crippen molar-refractivity contribution >= 4 is 0 Å². The summed E-state index contributed by atoms with van der Waals surface area (Å²) in [5.41, 5.74) is -0.731. The zero-order valence-corrected chi connectivity index (χ0v) is 12.2. The quantitative estimate of drug-likeness (QED) is 0.876. The molecule has 1 aromatic carbocycles. The van der Waals surface area contributed by atoms with Gasteiger partial charge in [0.2, 0.25) is 0 Å². The van der Waals surface area contributed by atoms with Gasteiger partial charge in [0.05, 0.1) is 12.7 Å². The van der Waals surface area contributed by atoms with Gasteiger partial charge in [-0.05, 0) is 26.3 Å². The number of nitrogens with zero attached hydrogens (tertiary/aromatic N) is 1. The summed E-state index contributed by atoms with van der Waals surface area (Å²) in [6.07, 6.45) is -6.38. The normalized spacial score (nSPS) is 16.3. The summed E-state index contributed by atoms with van der Waals surface area (Å²) in [7, 11) is 0. The van der Waals surface area contributed by atoms with Crippen LogP contribution in [0.5, 0.6) is 0 Å². The molecule has 1 N–H and O–H groups in total. The molecule has 0 amide bonds. The van der Waals surface area contributed by atoms with E-state index in [9.17, 15) is 18.4 Å². The Morgan fingerprint density at radius 1 is 1.19 bits per heavy atom. The summed E-state index contributed by atoms with van der Waals surface area (Å²) in [5.74, 6) is 0. The Hall–Kier alpha value is -1.58. The van der Waals surface area contributed by atoms with Crippen LogP contribution in [0.2, 0.25) is 0 Å². The van der Waals surface area contributed by atoms with Crippen molar-refractivity contribution in [1.29, 1.82) is 5.26 Å².